The Bertz CT molecular complexity index is 357. The van der Waals surface area contributed by atoms with E-state index in [2.05, 4.69) is 27.6 Å². The summed E-state index contributed by atoms with van der Waals surface area (Å²) in [6, 6.07) is 0. The predicted octanol–water partition coefficient (Wildman–Crippen LogP) is 2.66. The molecule has 0 atom stereocenters. The molecule has 0 bridgehead atoms. The number of nitrogens with one attached hydrogen (secondary N) is 1. The normalized spacial score (nSPS) is 34.8. The molecule has 1 N–H and O–H groups in total. The number of hydrogen-bond donors (Lipinski definition) is 1. The van der Waals surface area contributed by atoms with E-state index in [1.54, 1.807) is 0 Å². The number of hydrogen-bond acceptors (Lipinski definition) is 2. The van der Waals surface area contributed by atoms with Crippen LogP contribution in [0.1, 0.15) is 45.4 Å². The van der Waals surface area contributed by atoms with Crippen LogP contribution in [0.2, 0.25) is 0 Å². The van der Waals surface area contributed by atoms with Crippen LogP contribution in [-0.2, 0) is 10.0 Å². The summed E-state index contributed by atoms with van der Waals surface area (Å²) in [5, 5.41) is 0.733. The smallest absolute Gasteiger partial charge is 0.212 e. The highest BCUT2D eigenvalue weighted by Crippen LogP contribution is 2.35. The van der Waals surface area contributed by atoms with E-state index in [4.69, 9.17) is 0 Å². The summed E-state index contributed by atoms with van der Waals surface area (Å²) in [5.41, 5.74) is -0.222. The molecular weight excluding hydrogens is 302 g/mol. The Kier molecular flexibility index (Phi) is 4.20. The summed E-state index contributed by atoms with van der Waals surface area (Å²) in [6.45, 7) is 2.25. The minimum absolute atomic E-state index is 0.222. The number of rotatable bonds is 5. The van der Waals surface area contributed by atoms with Gasteiger partial charge in [0.05, 0.1) is 5.75 Å². The molecule has 0 spiro atoms. The van der Waals surface area contributed by atoms with Crippen LogP contribution in [0, 0.1) is 11.8 Å². The van der Waals surface area contributed by atoms with Crippen molar-refractivity contribution in [3.05, 3.63) is 0 Å². The average Bonchev–Trinajstić information content (AvgIpc) is 3.04. The SMILES string of the molecule is CC1CCC(CBr)(NS(=O)(=O)CC2CC2)CC1. The number of alkyl halides is 1. The molecule has 2 aliphatic carbocycles. The van der Waals surface area contributed by atoms with E-state index >= 15 is 0 Å². The van der Waals surface area contributed by atoms with Gasteiger partial charge in [-0.05, 0) is 50.4 Å². The van der Waals surface area contributed by atoms with Crippen molar-refractivity contribution in [1.29, 1.82) is 0 Å². The summed E-state index contributed by atoms with van der Waals surface area (Å²) in [7, 11) is -3.09. The molecule has 0 aromatic carbocycles. The minimum Gasteiger partial charge on any atom is -0.212 e. The van der Waals surface area contributed by atoms with E-state index in [0.717, 1.165) is 49.8 Å². The van der Waals surface area contributed by atoms with Gasteiger partial charge in [0.2, 0.25) is 10.0 Å². The van der Waals surface area contributed by atoms with E-state index in [9.17, 15) is 8.42 Å². The maximum Gasteiger partial charge on any atom is 0.212 e. The van der Waals surface area contributed by atoms with Crippen LogP contribution in [0.25, 0.3) is 0 Å². The molecule has 2 rings (SSSR count). The van der Waals surface area contributed by atoms with Crippen molar-refractivity contribution in [3.8, 4) is 0 Å². The Hall–Kier alpha value is 0.390. The van der Waals surface area contributed by atoms with E-state index < -0.39 is 10.0 Å². The fourth-order valence-corrected chi connectivity index (χ4v) is 5.40. The zero-order chi connectivity index (χ0) is 12.5. The molecular formula is C12H22BrNO2S. The van der Waals surface area contributed by atoms with Gasteiger partial charge < -0.3 is 0 Å². The fraction of sp³-hybridized carbons (Fsp3) is 1.00. The van der Waals surface area contributed by atoms with Gasteiger partial charge >= 0.3 is 0 Å². The van der Waals surface area contributed by atoms with Crippen molar-refractivity contribution in [2.45, 2.75) is 51.0 Å². The molecule has 3 nitrogen and oxygen atoms in total. The monoisotopic (exact) mass is 323 g/mol. The summed E-state index contributed by atoms with van der Waals surface area (Å²) in [6.07, 6.45) is 6.33. The Morgan fingerprint density at radius 2 is 1.82 bits per heavy atom. The summed E-state index contributed by atoms with van der Waals surface area (Å²) in [4.78, 5) is 0. The second-order valence-corrected chi connectivity index (χ2v) is 8.25. The van der Waals surface area contributed by atoms with E-state index in [0.29, 0.717) is 11.7 Å². The third-order valence-electron chi connectivity index (χ3n) is 4.01. The summed E-state index contributed by atoms with van der Waals surface area (Å²) in [5.74, 6) is 1.48. The van der Waals surface area contributed by atoms with E-state index in [-0.39, 0.29) is 5.54 Å². The van der Waals surface area contributed by atoms with Gasteiger partial charge in [-0.3, -0.25) is 0 Å². The molecule has 0 saturated heterocycles. The van der Waals surface area contributed by atoms with Crippen molar-refractivity contribution < 1.29 is 8.42 Å². The van der Waals surface area contributed by atoms with Gasteiger partial charge in [-0.2, -0.15) is 0 Å². The lowest BCUT2D eigenvalue weighted by atomic mass is 9.79. The van der Waals surface area contributed by atoms with Crippen LogP contribution in [0.5, 0.6) is 0 Å². The lowest BCUT2D eigenvalue weighted by molar-refractivity contribution is 0.250. The zero-order valence-electron chi connectivity index (χ0n) is 10.4. The lowest BCUT2D eigenvalue weighted by Crippen LogP contribution is -2.52. The molecule has 0 unspecified atom stereocenters. The highest BCUT2D eigenvalue weighted by molar-refractivity contribution is 9.09. The second kappa shape index (κ2) is 5.17. The van der Waals surface area contributed by atoms with Gasteiger partial charge in [-0.1, -0.05) is 22.9 Å². The zero-order valence-corrected chi connectivity index (χ0v) is 12.8. The van der Waals surface area contributed by atoms with Crippen LogP contribution >= 0.6 is 15.9 Å². The Labute approximate surface area is 113 Å². The first-order valence-electron chi connectivity index (χ1n) is 6.52. The topological polar surface area (TPSA) is 46.2 Å². The molecule has 0 aromatic heterocycles. The second-order valence-electron chi connectivity index (χ2n) is 5.92. The Morgan fingerprint density at radius 1 is 1.24 bits per heavy atom. The van der Waals surface area contributed by atoms with Crippen molar-refractivity contribution >= 4 is 26.0 Å². The summed E-state index contributed by atoms with van der Waals surface area (Å²) >= 11 is 3.50. The number of halogens is 1. The average molecular weight is 324 g/mol. The molecule has 2 fully saturated rings. The van der Waals surface area contributed by atoms with E-state index in [1.165, 1.54) is 0 Å². The molecule has 5 heteroatoms. The molecule has 0 aromatic rings. The van der Waals surface area contributed by atoms with Gasteiger partial charge in [0, 0.05) is 10.9 Å². The van der Waals surface area contributed by atoms with Crippen molar-refractivity contribution in [2.75, 3.05) is 11.1 Å². The maximum absolute atomic E-state index is 12.1. The van der Waals surface area contributed by atoms with Crippen LogP contribution in [0.15, 0.2) is 0 Å². The van der Waals surface area contributed by atoms with Crippen molar-refractivity contribution in [3.63, 3.8) is 0 Å². The molecule has 2 saturated carbocycles. The highest BCUT2D eigenvalue weighted by Gasteiger charge is 2.38. The highest BCUT2D eigenvalue weighted by atomic mass is 79.9. The third-order valence-corrected chi connectivity index (χ3v) is 6.74. The molecule has 100 valence electrons. The fourth-order valence-electron chi connectivity index (χ4n) is 2.54. The molecule has 0 aliphatic heterocycles. The molecule has 0 amide bonds. The quantitative estimate of drug-likeness (QED) is 0.790. The Morgan fingerprint density at radius 3 is 2.29 bits per heavy atom. The van der Waals surface area contributed by atoms with Gasteiger partial charge in [0.1, 0.15) is 0 Å². The van der Waals surface area contributed by atoms with Gasteiger partial charge in [-0.25, -0.2) is 13.1 Å². The van der Waals surface area contributed by atoms with E-state index in [1.807, 2.05) is 0 Å². The van der Waals surface area contributed by atoms with Gasteiger partial charge in [-0.15, -0.1) is 0 Å². The first kappa shape index (κ1) is 13.8. The largest absolute Gasteiger partial charge is 0.212 e. The minimum atomic E-state index is -3.09. The lowest BCUT2D eigenvalue weighted by Gasteiger charge is -2.38. The molecule has 2 aliphatic rings. The van der Waals surface area contributed by atoms with Crippen molar-refractivity contribution in [2.24, 2.45) is 11.8 Å². The standard InChI is InChI=1S/C12H22BrNO2S/c1-10-4-6-12(9-13,7-5-10)14-17(15,16)8-11-2-3-11/h10-11,14H,2-9H2,1H3. The van der Waals surface area contributed by atoms with Crippen LogP contribution in [0.3, 0.4) is 0 Å². The van der Waals surface area contributed by atoms with Crippen LogP contribution in [0.4, 0.5) is 0 Å². The third kappa shape index (κ3) is 3.93. The molecule has 0 radical (unpaired) electrons. The maximum atomic E-state index is 12.1. The van der Waals surface area contributed by atoms with Gasteiger partial charge in [0.15, 0.2) is 0 Å². The van der Waals surface area contributed by atoms with Gasteiger partial charge in [0.25, 0.3) is 0 Å². The molecule has 17 heavy (non-hydrogen) atoms. The Balaban J connectivity index is 1.98. The number of sulfonamides is 1. The van der Waals surface area contributed by atoms with Crippen LogP contribution in [-0.4, -0.2) is 25.0 Å². The first-order valence-corrected chi connectivity index (χ1v) is 9.30. The predicted molar refractivity (Wildman–Crippen MR) is 73.8 cm³/mol. The van der Waals surface area contributed by atoms with Crippen molar-refractivity contribution in [1.82, 2.24) is 4.72 Å². The molecule has 0 heterocycles. The van der Waals surface area contributed by atoms with Crippen LogP contribution < -0.4 is 4.72 Å². The summed E-state index contributed by atoms with van der Waals surface area (Å²) < 4.78 is 27.1. The first-order chi connectivity index (χ1) is 7.95.